The number of amides is 1. The molecule has 1 amide bonds. The molecule has 5 nitrogen and oxygen atoms in total. The standard InChI is InChI=1S/C17H27ClN4O.HI/c1-12(13-8-6-7-9-14(13)18)22-16(19-5)21-11-10-20-15(23)17(2,3)4;/h6-9,12H,10-11H2,1-5H3,(H,20,23)(H2,19,21,22);1H. The molecular formula is C17H28ClIN4O. The molecule has 0 bridgehead atoms. The van der Waals surface area contributed by atoms with E-state index in [2.05, 4.69) is 20.9 Å². The number of nitrogens with one attached hydrogen (secondary N) is 3. The molecule has 1 aromatic rings. The number of guanidine groups is 1. The van der Waals surface area contributed by atoms with Crippen LogP contribution in [0.4, 0.5) is 0 Å². The molecule has 1 unspecified atom stereocenters. The summed E-state index contributed by atoms with van der Waals surface area (Å²) in [5.74, 6) is 0.703. The maximum atomic E-state index is 11.8. The van der Waals surface area contributed by atoms with E-state index in [4.69, 9.17) is 11.6 Å². The minimum Gasteiger partial charge on any atom is -0.355 e. The van der Waals surface area contributed by atoms with Gasteiger partial charge in [-0.1, -0.05) is 50.6 Å². The zero-order chi connectivity index (χ0) is 17.5. The van der Waals surface area contributed by atoms with Crippen molar-refractivity contribution in [1.29, 1.82) is 0 Å². The molecule has 0 saturated carbocycles. The van der Waals surface area contributed by atoms with E-state index in [1.807, 2.05) is 52.0 Å². The molecule has 0 spiro atoms. The van der Waals surface area contributed by atoms with Crippen molar-refractivity contribution < 1.29 is 4.79 Å². The van der Waals surface area contributed by atoms with Crippen LogP contribution in [-0.2, 0) is 4.79 Å². The molecule has 0 aliphatic rings. The van der Waals surface area contributed by atoms with E-state index in [0.717, 1.165) is 10.6 Å². The smallest absolute Gasteiger partial charge is 0.225 e. The van der Waals surface area contributed by atoms with E-state index in [1.54, 1.807) is 7.05 Å². The van der Waals surface area contributed by atoms with Crippen LogP contribution >= 0.6 is 35.6 Å². The Morgan fingerprint density at radius 1 is 1.21 bits per heavy atom. The Bertz CT molecular complexity index is 558. The highest BCUT2D eigenvalue weighted by Gasteiger charge is 2.20. The maximum absolute atomic E-state index is 11.8. The first-order chi connectivity index (χ1) is 10.8. The van der Waals surface area contributed by atoms with Crippen LogP contribution in [0, 0.1) is 5.41 Å². The average Bonchev–Trinajstić information content (AvgIpc) is 2.49. The van der Waals surface area contributed by atoms with Gasteiger partial charge in [-0.05, 0) is 18.6 Å². The lowest BCUT2D eigenvalue weighted by molar-refractivity contribution is -0.128. The van der Waals surface area contributed by atoms with Gasteiger partial charge in [0.05, 0.1) is 6.04 Å². The molecule has 1 atom stereocenters. The quantitative estimate of drug-likeness (QED) is 0.270. The van der Waals surface area contributed by atoms with Crippen molar-refractivity contribution in [2.45, 2.75) is 33.7 Å². The van der Waals surface area contributed by atoms with Gasteiger partial charge in [-0.3, -0.25) is 9.79 Å². The molecule has 0 radical (unpaired) electrons. The zero-order valence-corrected chi connectivity index (χ0v) is 18.0. The van der Waals surface area contributed by atoms with Crippen molar-refractivity contribution in [2.75, 3.05) is 20.1 Å². The number of carbonyl (C=O) groups is 1. The Kier molecular flexibility index (Phi) is 10.3. The van der Waals surface area contributed by atoms with Gasteiger partial charge in [0, 0.05) is 30.6 Å². The van der Waals surface area contributed by atoms with Crippen LogP contribution in [0.15, 0.2) is 29.3 Å². The van der Waals surface area contributed by atoms with Crippen molar-refractivity contribution in [3.05, 3.63) is 34.9 Å². The van der Waals surface area contributed by atoms with Gasteiger partial charge in [0.25, 0.3) is 0 Å². The Labute approximate surface area is 167 Å². The molecular weight excluding hydrogens is 439 g/mol. The first-order valence-corrected chi connectivity index (χ1v) is 8.13. The fourth-order valence-electron chi connectivity index (χ4n) is 1.93. The van der Waals surface area contributed by atoms with Crippen LogP contribution < -0.4 is 16.0 Å². The minimum atomic E-state index is -0.376. The van der Waals surface area contributed by atoms with Crippen LogP contribution in [0.25, 0.3) is 0 Å². The summed E-state index contributed by atoms with van der Waals surface area (Å²) in [6.07, 6.45) is 0. The van der Waals surface area contributed by atoms with E-state index >= 15 is 0 Å². The number of halogens is 2. The fourth-order valence-corrected chi connectivity index (χ4v) is 2.23. The molecule has 0 saturated heterocycles. The van der Waals surface area contributed by atoms with Gasteiger partial charge in [0.1, 0.15) is 0 Å². The van der Waals surface area contributed by atoms with E-state index in [9.17, 15) is 4.79 Å². The summed E-state index contributed by atoms with van der Waals surface area (Å²) in [6.45, 7) is 8.83. The van der Waals surface area contributed by atoms with Gasteiger partial charge in [-0.25, -0.2) is 0 Å². The largest absolute Gasteiger partial charge is 0.355 e. The predicted molar refractivity (Wildman–Crippen MR) is 112 cm³/mol. The molecule has 1 aromatic carbocycles. The summed E-state index contributed by atoms with van der Waals surface area (Å²) in [5.41, 5.74) is 0.636. The van der Waals surface area contributed by atoms with Crippen LogP contribution in [0.2, 0.25) is 5.02 Å². The van der Waals surface area contributed by atoms with Crippen LogP contribution in [0.5, 0.6) is 0 Å². The number of benzene rings is 1. The van der Waals surface area contributed by atoms with E-state index in [1.165, 1.54) is 0 Å². The molecule has 0 aliphatic heterocycles. The summed E-state index contributed by atoms with van der Waals surface area (Å²) < 4.78 is 0. The minimum absolute atomic E-state index is 0. The van der Waals surface area contributed by atoms with Gasteiger partial charge in [0.2, 0.25) is 5.91 Å². The third-order valence-electron chi connectivity index (χ3n) is 3.33. The molecule has 3 N–H and O–H groups in total. The Hall–Kier alpha value is -1.02. The third-order valence-corrected chi connectivity index (χ3v) is 3.68. The first-order valence-electron chi connectivity index (χ1n) is 7.75. The lowest BCUT2D eigenvalue weighted by Crippen LogP contribution is -2.44. The van der Waals surface area contributed by atoms with Crippen molar-refractivity contribution in [2.24, 2.45) is 10.4 Å². The molecule has 7 heteroatoms. The van der Waals surface area contributed by atoms with Crippen LogP contribution in [0.1, 0.15) is 39.3 Å². The molecule has 0 fully saturated rings. The first kappa shape index (κ1) is 23.0. The van der Waals surface area contributed by atoms with E-state index < -0.39 is 0 Å². The summed E-state index contributed by atoms with van der Waals surface area (Å²) >= 11 is 6.20. The molecule has 136 valence electrons. The molecule has 0 aromatic heterocycles. The highest BCUT2D eigenvalue weighted by atomic mass is 127. The van der Waals surface area contributed by atoms with Gasteiger partial charge >= 0.3 is 0 Å². The molecule has 0 aliphatic carbocycles. The maximum Gasteiger partial charge on any atom is 0.225 e. The summed E-state index contributed by atoms with van der Waals surface area (Å²) in [4.78, 5) is 16.0. The Morgan fingerprint density at radius 2 is 1.79 bits per heavy atom. The zero-order valence-electron chi connectivity index (χ0n) is 14.9. The van der Waals surface area contributed by atoms with Gasteiger partial charge in [-0.2, -0.15) is 0 Å². The van der Waals surface area contributed by atoms with E-state index in [0.29, 0.717) is 19.0 Å². The number of hydrogen-bond donors (Lipinski definition) is 3. The second-order valence-corrected chi connectivity index (χ2v) is 6.80. The van der Waals surface area contributed by atoms with Crippen molar-refractivity contribution in [3.8, 4) is 0 Å². The summed E-state index contributed by atoms with van der Waals surface area (Å²) in [6, 6.07) is 7.74. The van der Waals surface area contributed by atoms with Crippen molar-refractivity contribution >= 4 is 47.4 Å². The lowest BCUT2D eigenvalue weighted by atomic mass is 9.96. The Morgan fingerprint density at radius 3 is 2.33 bits per heavy atom. The highest BCUT2D eigenvalue weighted by molar-refractivity contribution is 14.0. The number of hydrogen-bond acceptors (Lipinski definition) is 2. The number of rotatable bonds is 5. The normalized spacial score (nSPS) is 12.8. The van der Waals surface area contributed by atoms with Gasteiger partial charge in [0.15, 0.2) is 5.96 Å². The second kappa shape index (κ2) is 10.8. The average molecular weight is 467 g/mol. The molecule has 0 heterocycles. The third kappa shape index (κ3) is 7.70. The summed E-state index contributed by atoms with van der Waals surface area (Å²) in [5, 5.41) is 10.1. The Balaban J connectivity index is 0.00000529. The lowest BCUT2D eigenvalue weighted by Gasteiger charge is -2.20. The van der Waals surface area contributed by atoms with Crippen LogP contribution in [0.3, 0.4) is 0 Å². The second-order valence-electron chi connectivity index (χ2n) is 6.39. The predicted octanol–water partition coefficient (Wildman–Crippen LogP) is 3.35. The van der Waals surface area contributed by atoms with Gasteiger partial charge < -0.3 is 16.0 Å². The monoisotopic (exact) mass is 466 g/mol. The molecule has 1 rings (SSSR count). The number of aliphatic imine (C=N–C) groups is 1. The van der Waals surface area contributed by atoms with Crippen LogP contribution in [-0.4, -0.2) is 32.0 Å². The van der Waals surface area contributed by atoms with E-state index in [-0.39, 0.29) is 41.3 Å². The fraction of sp³-hybridized carbons (Fsp3) is 0.529. The topological polar surface area (TPSA) is 65.5 Å². The SMILES string of the molecule is CN=C(NCCNC(=O)C(C)(C)C)NC(C)c1ccccc1Cl.I. The summed E-state index contributed by atoms with van der Waals surface area (Å²) in [7, 11) is 1.71. The number of nitrogens with zero attached hydrogens (tertiary/aromatic N) is 1. The number of carbonyl (C=O) groups excluding carboxylic acids is 1. The van der Waals surface area contributed by atoms with Crippen molar-refractivity contribution in [1.82, 2.24) is 16.0 Å². The van der Waals surface area contributed by atoms with Crippen molar-refractivity contribution in [3.63, 3.8) is 0 Å². The highest BCUT2D eigenvalue weighted by Crippen LogP contribution is 2.21. The van der Waals surface area contributed by atoms with Gasteiger partial charge in [-0.15, -0.1) is 24.0 Å². The molecule has 24 heavy (non-hydrogen) atoms.